The Hall–Kier alpha value is -2.53. The van der Waals surface area contributed by atoms with Crippen molar-refractivity contribution < 1.29 is 4.42 Å². The van der Waals surface area contributed by atoms with Crippen LogP contribution in [0.3, 0.4) is 0 Å². The van der Waals surface area contributed by atoms with Crippen molar-refractivity contribution >= 4 is 16.8 Å². The average Bonchev–Trinajstić information content (AvgIpc) is 3.32. The van der Waals surface area contributed by atoms with Crippen LogP contribution in [0, 0.1) is 0 Å². The fourth-order valence-electron chi connectivity index (χ4n) is 3.29. The van der Waals surface area contributed by atoms with Crippen LogP contribution in [-0.4, -0.2) is 38.5 Å². The molecule has 0 radical (unpaired) electrons. The van der Waals surface area contributed by atoms with Crippen molar-refractivity contribution in [2.24, 2.45) is 0 Å². The fraction of sp³-hybridized carbons (Fsp3) is 0.316. The Labute approximate surface area is 141 Å². The Morgan fingerprint density at radius 3 is 2.54 bits per heavy atom. The summed E-state index contributed by atoms with van der Waals surface area (Å²) in [5.41, 5.74) is 3.27. The van der Waals surface area contributed by atoms with Crippen LogP contribution in [0.2, 0.25) is 0 Å². The van der Waals surface area contributed by atoms with Gasteiger partial charge in [-0.05, 0) is 37.4 Å². The lowest BCUT2D eigenvalue weighted by Gasteiger charge is -2.18. The summed E-state index contributed by atoms with van der Waals surface area (Å²) in [7, 11) is 0. The molecule has 1 aromatic carbocycles. The molecule has 4 aromatic rings. The maximum atomic E-state index is 5.51. The van der Waals surface area contributed by atoms with Crippen LogP contribution in [0.15, 0.2) is 53.3 Å². The number of hydrogen-bond acceptors (Lipinski definition) is 3. The number of imidazole rings is 2. The lowest BCUT2D eigenvalue weighted by atomic mass is 10.3. The van der Waals surface area contributed by atoms with E-state index < -0.39 is 0 Å². The highest BCUT2D eigenvalue weighted by atomic mass is 16.3. The quantitative estimate of drug-likeness (QED) is 0.540. The van der Waals surface area contributed by atoms with Gasteiger partial charge in [-0.3, -0.25) is 4.40 Å². The first-order valence-corrected chi connectivity index (χ1v) is 8.54. The Bertz CT molecular complexity index is 945. The molecular weight excluding hydrogens is 300 g/mol. The number of furan rings is 1. The molecular formula is C19H22N4O. The second kappa shape index (κ2) is 6.17. The molecule has 0 fully saturated rings. The first-order chi connectivity index (χ1) is 11.8. The SMILES string of the molecule is CCN(CC)CCn1c2ccccc2n2cc(-c3ccco3)nc12. The van der Waals surface area contributed by atoms with Gasteiger partial charge in [0.15, 0.2) is 5.76 Å². The van der Waals surface area contributed by atoms with Crippen molar-refractivity contribution in [1.82, 2.24) is 18.9 Å². The van der Waals surface area contributed by atoms with Crippen molar-refractivity contribution in [3.8, 4) is 11.5 Å². The molecule has 0 aliphatic carbocycles. The van der Waals surface area contributed by atoms with Crippen molar-refractivity contribution in [1.29, 1.82) is 0 Å². The van der Waals surface area contributed by atoms with Gasteiger partial charge in [-0.15, -0.1) is 0 Å². The minimum absolute atomic E-state index is 0.804. The molecule has 0 spiro atoms. The van der Waals surface area contributed by atoms with E-state index in [-0.39, 0.29) is 0 Å². The zero-order valence-electron chi connectivity index (χ0n) is 14.1. The summed E-state index contributed by atoms with van der Waals surface area (Å²) in [4.78, 5) is 7.27. The molecule has 0 saturated heterocycles. The molecule has 5 heteroatoms. The van der Waals surface area contributed by atoms with Gasteiger partial charge in [0.25, 0.3) is 0 Å². The van der Waals surface area contributed by atoms with Crippen molar-refractivity contribution in [3.05, 3.63) is 48.9 Å². The van der Waals surface area contributed by atoms with E-state index in [4.69, 9.17) is 9.40 Å². The fourth-order valence-corrected chi connectivity index (χ4v) is 3.29. The predicted molar refractivity (Wildman–Crippen MR) is 96.2 cm³/mol. The third-order valence-corrected chi connectivity index (χ3v) is 4.67. The van der Waals surface area contributed by atoms with E-state index in [0.29, 0.717) is 0 Å². The third kappa shape index (κ3) is 2.41. The molecule has 3 aromatic heterocycles. The smallest absolute Gasteiger partial charge is 0.215 e. The summed E-state index contributed by atoms with van der Waals surface area (Å²) >= 11 is 0. The van der Waals surface area contributed by atoms with E-state index in [2.05, 4.69) is 58.2 Å². The predicted octanol–water partition coefficient (Wildman–Crippen LogP) is 3.89. The maximum absolute atomic E-state index is 5.51. The van der Waals surface area contributed by atoms with E-state index in [1.54, 1.807) is 6.26 Å². The van der Waals surface area contributed by atoms with Gasteiger partial charge in [0.2, 0.25) is 5.78 Å². The Morgan fingerprint density at radius 2 is 1.83 bits per heavy atom. The molecule has 0 aliphatic rings. The monoisotopic (exact) mass is 322 g/mol. The number of fused-ring (bicyclic) bond motifs is 3. The summed E-state index contributed by atoms with van der Waals surface area (Å²) in [6.07, 6.45) is 3.75. The van der Waals surface area contributed by atoms with E-state index in [0.717, 1.165) is 43.4 Å². The topological polar surface area (TPSA) is 38.6 Å². The molecule has 0 unspecified atom stereocenters. The zero-order chi connectivity index (χ0) is 16.5. The third-order valence-electron chi connectivity index (χ3n) is 4.67. The number of para-hydroxylation sites is 2. The minimum atomic E-state index is 0.804. The Kier molecular flexibility index (Phi) is 3.86. The van der Waals surface area contributed by atoms with Gasteiger partial charge in [-0.2, -0.15) is 0 Å². The standard InChI is InChI=1S/C19H22N4O/c1-3-21(4-2)11-12-22-16-8-5-6-9-17(16)23-14-15(20-19(22)23)18-10-7-13-24-18/h5-10,13-14H,3-4,11-12H2,1-2H3. The molecule has 4 rings (SSSR count). The number of benzene rings is 1. The van der Waals surface area contributed by atoms with E-state index in [1.165, 1.54) is 11.0 Å². The highest BCUT2D eigenvalue weighted by molar-refractivity contribution is 5.82. The van der Waals surface area contributed by atoms with Gasteiger partial charge in [-0.25, -0.2) is 4.98 Å². The highest BCUT2D eigenvalue weighted by Gasteiger charge is 2.15. The summed E-state index contributed by atoms with van der Waals surface area (Å²) in [6.45, 7) is 8.49. The normalized spacial score (nSPS) is 12.0. The van der Waals surface area contributed by atoms with Crippen molar-refractivity contribution in [2.75, 3.05) is 19.6 Å². The molecule has 24 heavy (non-hydrogen) atoms. The average molecular weight is 322 g/mol. The van der Waals surface area contributed by atoms with Crippen LogP contribution in [0.25, 0.3) is 28.3 Å². The van der Waals surface area contributed by atoms with Gasteiger partial charge in [0.05, 0.1) is 17.3 Å². The van der Waals surface area contributed by atoms with Crippen LogP contribution in [-0.2, 0) is 6.54 Å². The molecule has 124 valence electrons. The molecule has 0 atom stereocenters. The maximum Gasteiger partial charge on any atom is 0.215 e. The highest BCUT2D eigenvalue weighted by Crippen LogP contribution is 2.25. The van der Waals surface area contributed by atoms with E-state index in [1.807, 2.05) is 12.1 Å². The van der Waals surface area contributed by atoms with Crippen LogP contribution in [0.4, 0.5) is 0 Å². The summed E-state index contributed by atoms with van der Waals surface area (Å²) in [6, 6.07) is 12.3. The summed E-state index contributed by atoms with van der Waals surface area (Å²) < 4.78 is 9.98. The van der Waals surface area contributed by atoms with Gasteiger partial charge >= 0.3 is 0 Å². The largest absolute Gasteiger partial charge is 0.463 e. The zero-order valence-corrected chi connectivity index (χ0v) is 14.1. The second-order valence-corrected chi connectivity index (χ2v) is 5.94. The van der Waals surface area contributed by atoms with Gasteiger partial charge in [-0.1, -0.05) is 26.0 Å². The van der Waals surface area contributed by atoms with Crippen LogP contribution >= 0.6 is 0 Å². The van der Waals surface area contributed by atoms with Crippen LogP contribution in [0.1, 0.15) is 13.8 Å². The first kappa shape index (κ1) is 15.0. The van der Waals surface area contributed by atoms with Gasteiger partial charge in [0.1, 0.15) is 5.69 Å². The van der Waals surface area contributed by atoms with Gasteiger partial charge in [0, 0.05) is 19.3 Å². The number of likely N-dealkylation sites (N-methyl/N-ethyl adjacent to an activating group) is 1. The number of nitrogens with zero attached hydrogens (tertiary/aromatic N) is 4. The number of rotatable bonds is 6. The van der Waals surface area contributed by atoms with Gasteiger partial charge < -0.3 is 13.9 Å². The summed E-state index contributed by atoms with van der Waals surface area (Å²) in [5, 5.41) is 0. The number of aromatic nitrogens is 3. The first-order valence-electron chi connectivity index (χ1n) is 8.54. The molecule has 0 N–H and O–H groups in total. The van der Waals surface area contributed by atoms with Crippen molar-refractivity contribution in [3.63, 3.8) is 0 Å². The van der Waals surface area contributed by atoms with Crippen LogP contribution in [0.5, 0.6) is 0 Å². The lowest BCUT2D eigenvalue weighted by Crippen LogP contribution is -2.27. The molecule has 0 bridgehead atoms. The Morgan fingerprint density at radius 1 is 1.04 bits per heavy atom. The molecule has 3 heterocycles. The molecule has 0 amide bonds. The van der Waals surface area contributed by atoms with Crippen molar-refractivity contribution in [2.45, 2.75) is 20.4 Å². The minimum Gasteiger partial charge on any atom is -0.463 e. The lowest BCUT2D eigenvalue weighted by molar-refractivity contribution is 0.293. The molecule has 0 aliphatic heterocycles. The number of hydrogen-bond donors (Lipinski definition) is 0. The van der Waals surface area contributed by atoms with Crippen LogP contribution < -0.4 is 0 Å². The molecule has 5 nitrogen and oxygen atoms in total. The Balaban J connectivity index is 1.82. The summed E-state index contributed by atoms with van der Waals surface area (Å²) in [5.74, 6) is 1.77. The van der Waals surface area contributed by atoms with E-state index >= 15 is 0 Å². The second-order valence-electron chi connectivity index (χ2n) is 5.94. The van der Waals surface area contributed by atoms with E-state index in [9.17, 15) is 0 Å². The molecule has 0 saturated carbocycles.